The minimum Gasteiger partial charge on any atom is -0.497 e. The van der Waals surface area contributed by atoms with Crippen LogP contribution in [-0.4, -0.2) is 27.3 Å². The van der Waals surface area contributed by atoms with Crippen LogP contribution in [-0.2, 0) is 6.61 Å². The van der Waals surface area contributed by atoms with Crippen LogP contribution >= 0.6 is 15.9 Å². The number of hydrogen-bond acceptors (Lipinski definition) is 5. The van der Waals surface area contributed by atoms with E-state index in [1.54, 1.807) is 11.8 Å². The van der Waals surface area contributed by atoms with E-state index in [1.165, 1.54) is 0 Å². The van der Waals surface area contributed by atoms with E-state index in [1.807, 2.05) is 48.5 Å². The van der Waals surface area contributed by atoms with Crippen molar-refractivity contribution in [1.82, 2.24) is 20.2 Å². The Morgan fingerprint density at radius 3 is 2.36 bits per heavy atom. The molecule has 22 heavy (non-hydrogen) atoms. The molecule has 6 nitrogen and oxygen atoms in total. The Morgan fingerprint density at radius 1 is 1.00 bits per heavy atom. The zero-order valence-corrected chi connectivity index (χ0v) is 13.4. The van der Waals surface area contributed by atoms with Gasteiger partial charge in [0.25, 0.3) is 0 Å². The Kier molecular flexibility index (Phi) is 4.34. The van der Waals surface area contributed by atoms with Crippen molar-refractivity contribution in [3.8, 4) is 17.2 Å². The van der Waals surface area contributed by atoms with Gasteiger partial charge in [0.1, 0.15) is 18.1 Å². The lowest BCUT2D eigenvalue weighted by molar-refractivity contribution is 0.291. The molecule has 0 radical (unpaired) electrons. The summed E-state index contributed by atoms with van der Waals surface area (Å²) in [6.45, 7) is 0.273. The number of halogens is 1. The van der Waals surface area contributed by atoms with Gasteiger partial charge in [-0.1, -0.05) is 15.9 Å². The maximum Gasteiger partial charge on any atom is 0.194 e. The van der Waals surface area contributed by atoms with Gasteiger partial charge in [-0.25, -0.2) is 0 Å². The molecule has 0 aliphatic rings. The van der Waals surface area contributed by atoms with Crippen molar-refractivity contribution in [2.45, 2.75) is 6.61 Å². The molecule has 0 aliphatic carbocycles. The Hall–Kier alpha value is -2.41. The molecule has 3 rings (SSSR count). The Bertz CT molecular complexity index is 741. The second-order valence-corrected chi connectivity index (χ2v) is 5.36. The van der Waals surface area contributed by atoms with Crippen molar-refractivity contribution < 1.29 is 9.47 Å². The summed E-state index contributed by atoms with van der Waals surface area (Å²) in [6.07, 6.45) is 0. The van der Waals surface area contributed by atoms with Crippen molar-refractivity contribution in [2.24, 2.45) is 0 Å². The first-order chi connectivity index (χ1) is 10.8. The third-order valence-corrected chi connectivity index (χ3v) is 3.56. The van der Waals surface area contributed by atoms with Gasteiger partial charge in [-0.2, -0.15) is 4.68 Å². The molecular weight excluding hydrogens is 348 g/mol. The molecule has 0 bridgehead atoms. The van der Waals surface area contributed by atoms with Crippen molar-refractivity contribution in [2.75, 3.05) is 7.11 Å². The number of benzene rings is 2. The first kappa shape index (κ1) is 14.5. The van der Waals surface area contributed by atoms with Crippen LogP contribution in [0.4, 0.5) is 0 Å². The second kappa shape index (κ2) is 6.57. The largest absolute Gasteiger partial charge is 0.497 e. The van der Waals surface area contributed by atoms with Gasteiger partial charge in [0, 0.05) is 4.47 Å². The molecule has 0 N–H and O–H groups in total. The number of tetrazole rings is 1. The first-order valence-corrected chi connectivity index (χ1v) is 7.35. The normalized spacial score (nSPS) is 10.5. The quantitative estimate of drug-likeness (QED) is 0.699. The third kappa shape index (κ3) is 3.25. The van der Waals surface area contributed by atoms with Crippen LogP contribution in [0.1, 0.15) is 5.82 Å². The fourth-order valence-corrected chi connectivity index (χ4v) is 2.16. The average Bonchev–Trinajstić information content (AvgIpc) is 3.02. The predicted molar refractivity (Wildman–Crippen MR) is 84.2 cm³/mol. The van der Waals surface area contributed by atoms with E-state index in [4.69, 9.17) is 9.47 Å². The summed E-state index contributed by atoms with van der Waals surface area (Å²) in [5, 5.41) is 11.7. The van der Waals surface area contributed by atoms with Crippen LogP contribution < -0.4 is 9.47 Å². The van der Waals surface area contributed by atoms with Gasteiger partial charge in [-0.3, -0.25) is 0 Å². The van der Waals surface area contributed by atoms with E-state index < -0.39 is 0 Å². The van der Waals surface area contributed by atoms with E-state index in [2.05, 4.69) is 31.5 Å². The smallest absolute Gasteiger partial charge is 0.194 e. The fourth-order valence-electron chi connectivity index (χ4n) is 1.90. The van der Waals surface area contributed by atoms with Gasteiger partial charge >= 0.3 is 0 Å². The highest BCUT2D eigenvalue weighted by Crippen LogP contribution is 2.19. The third-order valence-electron chi connectivity index (χ3n) is 3.03. The van der Waals surface area contributed by atoms with Crippen molar-refractivity contribution in [3.05, 3.63) is 58.8 Å². The van der Waals surface area contributed by atoms with Crippen LogP contribution in [0.3, 0.4) is 0 Å². The summed E-state index contributed by atoms with van der Waals surface area (Å²) in [6, 6.07) is 15.1. The average molecular weight is 361 g/mol. The first-order valence-electron chi connectivity index (χ1n) is 6.56. The lowest BCUT2D eigenvalue weighted by Crippen LogP contribution is -2.06. The van der Waals surface area contributed by atoms with Gasteiger partial charge in [0.05, 0.1) is 12.8 Å². The highest BCUT2D eigenvalue weighted by molar-refractivity contribution is 9.10. The molecule has 2 aromatic carbocycles. The van der Waals surface area contributed by atoms with Crippen molar-refractivity contribution in [1.29, 1.82) is 0 Å². The van der Waals surface area contributed by atoms with Gasteiger partial charge in [0.15, 0.2) is 5.82 Å². The van der Waals surface area contributed by atoms with E-state index >= 15 is 0 Å². The molecule has 0 aliphatic heterocycles. The standard InChI is InChI=1S/C15H13BrN4O2/c1-21-13-6-8-14(9-7-13)22-10-15-17-18-19-20(15)12-4-2-11(16)3-5-12/h2-9H,10H2,1H3. The maximum atomic E-state index is 5.71. The number of aromatic nitrogens is 4. The zero-order valence-electron chi connectivity index (χ0n) is 11.8. The Labute approximate surface area is 135 Å². The lowest BCUT2D eigenvalue weighted by Gasteiger charge is -2.07. The van der Waals surface area contributed by atoms with Crippen LogP contribution in [0, 0.1) is 0 Å². The number of ether oxygens (including phenoxy) is 2. The second-order valence-electron chi connectivity index (χ2n) is 4.45. The molecule has 0 amide bonds. The van der Waals surface area contributed by atoms with E-state index in [0.29, 0.717) is 5.82 Å². The monoisotopic (exact) mass is 360 g/mol. The van der Waals surface area contributed by atoms with Crippen molar-refractivity contribution >= 4 is 15.9 Å². The number of methoxy groups -OCH3 is 1. The molecule has 0 saturated carbocycles. The minimum absolute atomic E-state index is 0.273. The molecule has 112 valence electrons. The summed E-state index contributed by atoms with van der Waals surface area (Å²) in [5.41, 5.74) is 0.876. The molecule has 0 fully saturated rings. The van der Waals surface area contributed by atoms with Crippen LogP contribution in [0.25, 0.3) is 5.69 Å². The maximum absolute atomic E-state index is 5.71. The summed E-state index contributed by atoms with van der Waals surface area (Å²) in [4.78, 5) is 0. The van der Waals surface area contributed by atoms with Crippen LogP contribution in [0.15, 0.2) is 53.0 Å². The van der Waals surface area contributed by atoms with Gasteiger partial charge in [-0.05, 0) is 59.0 Å². The minimum atomic E-state index is 0.273. The molecule has 0 saturated heterocycles. The number of rotatable bonds is 5. The molecule has 3 aromatic rings. The molecule has 7 heteroatoms. The molecule has 0 spiro atoms. The highest BCUT2D eigenvalue weighted by atomic mass is 79.9. The predicted octanol–water partition coefficient (Wildman–Crippen LogP) is 3.01. The van der Waals surface area contributed by atoms with Gasteiger partial charge in [0.2, 0.25) is 0 Å². The molecule has 0 unspecified atom stereocenters. The molecule has 0 atom stereocenters. The van der Waals surface area contributed by atoms with Crippen LogP contribution in [0.2, 0.25) is 0 Å². The summed E-state index contributed by atoms with van der Waals surface area (Å²) < 4.78 is 13.5. The topological polar surface area (TPSA) is 62.1 Å². The summed E-state index contributed by atoms with van der Waals surface area (Å²) in [5.74, 6) is 2.14. The molecule has 1 aromatic heterocycles. The zero-order chi connectivity index (χ0) is 15.4. The lowest BCUT2D eigenvalue weighted by atomic mass is 10.3. The summed E-state index contributed by atoms with van der Waals surface area (Å²) >= 11 is 3.40. The van der Waals surface area contributed by atoms with E-state index in [-0.39, 0.29) is 6.61 Å². The van der Waals surface area contributed by atoms with Gasteiger partial charge in [-0.15, -0.1) is 5.10 Å². The highest BCUT2D eigenvalue weighted by Gasteiger charge is 2.09. The fraction of sp³-hybridized carbons (Fsp3) is 0.133. The Morgan fingerprint density at radius 2 is 1.68 bits per heavy atom. The number of hydrogen-bond donors (Lipinski definition) is 0. The SMILES string of the molecule is COc1ccc(OCc2nnnn2-c2ccc(Br)cc2)cc1. The van der Waals surface area contributed by atoms with E-state index in [0.717, 1.165) is 21.7 Å². The Balaban J connectivity index is 1.73. The van der Waals surface area contributed by atoms with E-state index in [9.17, 15) is 0 Å². The van der Waals surface area contributed by atoms with Gasteiger partial charge < -0.3 is 9.47 Å². The molecule has 1 heterocycles. The van der Waals surface area contributed by atoms with Crippen LogP contribution in [0.5, 0.6) is 11.5 Å². The van der Waals surface area contributed by atoms with Crippen molar-refractivity contribution in [3.63, 3.8) is 0 Å². The summed E-state index contributed by atoms with van der Waals surface area (Å²) in [7, 11) is 1.63. The molecular formula is C15H13BrN4O2. The number of nitrogens with zero attached hydrogens (tertiary/aromatic N) is 4.